The largest absolute Gasteiger partial charge is 0.379 e. The molecule has 0 N–H and O–H groups in total. The minimum Gasteiger partial charge on any atom is -0.379 e. The monoisotopic (exact) mass is 402 g/mol. The maximum Gasteiger partial charge on any atom is 0.252 e. The lowest BCUT2D eigenvalue weighted by Gasteiger charge is -2.30. The minimum absolute atomic E-state index is 0.0973. The Morgan fingerprint density at radius 2 is 1.93 bits per heavy atom. The lowest BCUT2D eigenvalue weighted by atomic mass is 10.2. The van der Waals surface area contributed by atoms with E-state index in [-0.39, 0.29) is 12.3 Å². The Morgan fingerprint density at radius 1 is 1.14 bits per heavy atom. The number of aryl methyl sites for hydroxylation is 2. The molecule has 3 rings (SSSR count). The maximum absolute atomic E-state index is 13.1. The normalized spacial score (nSPS) is 15.1. The third-order valence-electron chi connectivity index (χ3n) is 5.40. The van der Waals surface area contributed by atoms with Crippen LogP contribution in [0.1, 0.15) is 49.8 Å². The third-order valence-corrected chi connectivity index (χ3v) is 5.40. The number of carbonyl (C=O) groups is 1. The number of carbonyl (C=O) groups excluding carboxylic acids is 1. The van der Waals surface area contributed by atoms with Gasteiger partial charge in [0.25, 0.3) is 5.78 Å². The number of amides is 1. The van der Waals surface area contributed by atoms with E-state index in [2.05, 4.69) is 26.9 Å². The summed E-state index contributed by atoms with van der Waals surface area (Å²) >= 11 is 0. The molecule has 0 atom stereocenters. The second-order valence-electron chi connectivity index (χ2n) is 7.85. The molecule has 2 aromatic rings. The number of morpholine rings is 1. The fourth-order valence-corrected chi connectivity index (χ4v) is 3.71. The Balaban J connectivity index is 1.63. The molecule has 0 radical (unpaired) electrons. The molecule has 0 unspecified atom stereocenters. The second-order valence-corrected chi connectivity index (χ2v) is 7.85. The van der Waals surface area contributed by atoms with Crippen molar-refractivity contribution in [3.05, 3.63) is 23.3 Å². The van der Waals surface area contributed by atoms with Crippen LogP contribution in [-0.2, 0) is 16.0 Å². The van der Waals surface area contributed by atoms with Crippen LogP contribution >= 0.6 is 0 Å². The van der Waals surface area contributed by atoms with E-state index in [0.717, 1.165) is 70.2 Å². The third kappa shape index (κ3) is 6.21. The smallest absolute Gasteiger partial charge is 0.252 e. The SMILES string of the molecule is CCCCCCN(CCN1CCOCC1)C(=O)Cc1nc2nc(C)cc(C)n2n1. The van der Waals surface area contributed by atoms with Crippen LogP contribution in [0.4, 0.5) is 0 Å². The minimum atomic E-state index is 0.0973. The summed E-state index contributed by atoms with van der Waals surface area (Å²) in [7, 11) is 0. The first-order valence-electron chi connectivity index (χ1n) is 10.8. The summed E-state index contributed by atoms with van der Waals surface area (Å²) in [6.45, 7) is 12.0. The van der Waals surface area contributed by atoms with Crippen molar-refractivity contribution in [2.45, 2.75) is 52.9 Å². The average molecular weight is 403 g/mol. The number of unbranched alkanes of at least 4 members (excludes halogenated alkanes) is 3. The molecule has 3 heterocycles. The second kappa shape index (κ2) is 10.6. The molecule has 0 bridgehead atoms. The molecule has 29 heavy (non-hydrogen) atoms. The van der Waals surface area contributed by atoms with Crippen LogP contribution in [0, 0.1) is 13.8 Å². The van der Waals surface area contributed by atoms with Gasteiger partial charge < -0.3 is 9.64 Å². The van der Waals surface area contributed by atoms with Gasteiger partial charge in [0.2, 0.25) is 5.91 Å². The zero-order valence-electron chi connectivity index (χ0n) is 18.1. The van der Waals surface area contributed by atoms with E-state index >= 15 is 0 Å². The first-order valence-corrected chi connectivity index (χ1v) is 10.8. The quantitative estimate of drug-likeness (QED) is 0.566. The van der Waals surface area contributed by atoms with Crippen LogP contribution in [-0.4, -0.2) is 81.2 Å². The van der Waals surface area contributed by atoms with Crippen molar-refractivity contribution < 1.29 is 9.53 Å². The maximum atomic E-state index is 13.1. The van der Waals surface area contributed by atoms with E-state index in [1.165, 1.54) is 12.8 Å². The molecule has 8 nitrogen and oxygen atoms in total. The highest BCUT2D eigenvalue weighted by atomic mass is 16.5. The van der Waals surface area contributed by atoms with Crippen molar-refractivity contribution in [1.82, 2.24) is 29.4 Å². The lowest BCUT2D eigenvalue weighted by molar-refractivity contribution is -0.131. The summed E-state index contributed by atoms with van der Waals surface area (Å²) in [6.07, 6.45) is 4.83. The first kappa shape index (κ1) is 21.6. The molecule has 8 heteroatoms. The molecular formula is C21H34N6O2. The molecule has 1 saturated heterocycles. The van der Waals surface area contributed by atoms with E-state index < -0.39 is 0 Å². The van der Waals surface area contributed by atoms with Gasteiger partial charge >= 0.3 is 0 Å². The Hall–Kier alpha value is -2.06. The summed E-state index contributed by atoms with van der Waals surface area (Å²) in [5.41, 5.74) is 1.88. The highest BCUT2D eigenvalue weighted by Crippen LogP contribution is 2.09. The van der Waals surface area contributed by atoms with Crippen LogP contribution in [0.3, 0.4) is 0 Å². The van der Waals surface area contributed by atoms with E-state index in [4.69, 9.17) is 4.74 Å². The predicted molar refractivity (Wildman–Crippen MR) is 112 cm³/mol. The molecule has 0 aliphatic carbocycles. The Morgan fingerprint density at radius 3 is 2.69 bits per heavy atom. The summed E-state index contributed by atoms with van der Waals surface area (Å²) in [6, 6.07) is 1.97. The molecule has 0 spiro atoms. The van der Waals surface area contributed by atoms with Crippen molar-refractivity contribution in [2.75, 3.05) is 45.9 Å². The fraction of sp³-hybridized carbons (Fsp3) is 0.714. The van der Waals surface area contributed by atoms with Gasteiger partial charge in [0.1, 0.15) is 0 Å². The van der Waals surface area contributed by atoms with Crippen molar-refractivity contribution in [3.63, 3.8) is 0 Å². The van der Waals surface area contributed by atoms with Crippen molar-refractivity contribution in [3.8, 4) is 0 Å². The van der Waals surface area contributed by atoms with Gasteiger partial charge in [-0.3, -0.25) is 9.69 Å². The van der Waals surface area contributed by atoms with Gasteiger partial charge in [-0.1, -0.05) is 26.2 Å². The van der Waals surface area contributed by atoms with Crippen molar-refractivity contribution >= 4 is 11.7 Å². The standard InChI is InChI=1S/C21H34N6O2/c1-4-5-6-7-8-26(10-9-25-11-13-29-14-12-25)20(28)16-19-23-21-22-17(2)15-18(3)27(21)24-19/h15H,4-14,16H2,1-3H3. The van der Waals surface area contributed by atoms with Gasteiger partial charge in [0.15, 0.2) is 5.82 Å². The van der Waals surface area contributed by atoms with Gasteiger partial charge in [-0.25, -0.2) is 9.50 Å². The Labute approximate surface area is 173 Å². The molecule has 2 aromatic heterocycles. The van der Waals surface area contributed by atoms with Crippen LogP contribution in [0.2, 0.25) is 0 Å². The Bertz CT molecular complexity index is 800. The van der Waals surface area contributed by atoms with Gasteiger partial charge in [-0.05, 0) is 26.3 Å². The van der Waals surface area contributed by atoms with Crippen molar-refractivity contribution in [2.24, 2.45) is 0 Å². The summed E-state index contributed by atoms with van der Waals surface area (Å²) in [5, 5.41) is 4.50. The number of ether oxygens (including phenoxy) is 1. The molecule has 1 fully saturated rings. The van der Waals surface area contributed by atoms with Gasteiger partial charge in [-0.15, -0.1) is 5.10 Å². The van der Waals surface area contributed by atoms with Crippen LogP contribution in [0.15, 0.2) is 6.07 Å². The zero-order chi connectivity index (χ0) is 20.6. The molecule has 0 aromatic carbocycles. The molecule has 1 aliphatic heterocycles. The van der Waals surface area contributed by atoms with Crippen LogP contribution in [0.5, 0.6) is 0 Å². The zero-order valence-corrected chi connectivity index (χ0v) is 18.1. The highest BCUT2D eigenvalue weighted by Gasteiger charge is 2.19. The number of hydrogen-bond donors (Lipinski definition) is 0. The number of hydrogen-bond acceptors (Lipinski definition) is 6. The number of fused-ring (bicyclic) bond motifs is 1. The van der Waals surface area contributed by atoms with E-state index in [0.29, 0.717) is 11.6 Å². The summed E-state index contributed by atoms with van der Waals surface area (Å²) in [4.78, 5) is 26.3. The van der Waals surface area contributed by atoms with E-state index in [9.17, 15) is 4.79 Å². The fourth-order valence-electron chi connectivity index (χ4n) is 3.71. The molecule has 1 aliphatic rings. The van der Waals surface area contributed by atoms with Gasteiger partial charge in [0, 0.05) is 44.1 Å². The molecule has 0 saturated carbocycles. The summed E-state index contributed by atoms with van der Waals surface area (Å²) in [5.74, 6) is 1.20. The molecule has 1 amide bonds. The number of aromatic nitrogens is 4. The number of rotatable bonds is 10. The van der Waals surface area contributed by atoms with Crippen LogP contribution < -0.4 is 0 Å². The van der Waals surface area contributed by atoms with Crippen molar-refractivity contribution in [1.29, 1.82) is 0 Å². The van der Waals surface area contributed by atoms with E-state index in [1.54, 1.807) is 4.52 Å². The average Bonchev–Trinajstić information content (AvgIpc) is 3.10. The summed E-state index contributed by atoms with van der Waals surface area (Å²) < 4.78 is 7.14. The molecule has 160 valence electrons. The van der Waals surface area contributed by atoms with Gasteiger partial charge in [-0.2, -0.15) is 4.98 Å². The first-order chi connectivity index (χ1) is 14.1. The lowest BCUT2D eigenvalue weighted by Crippen LogP contribution is -2.43. The van der Waals surface area contributed by atoms with E-state index in [1.807, 2.05) is 24.8 Å². The highest BCUT2D eigenvalue weighted by molar-refractivity contribution is 5.78. The van der Waals surface area contributed by atoms with Gasteiger partial charge in [0.05, 0.1) is 19.6 Å². The molecular weight excluding hydrogens is 368 g/mol. The van der Waals surface area contributed by atoms with Crippen LogP contribution in [0.25, 0.3) is 5.78 Å². The number of nitrogens with zero attached hydrogens (tertiary/aromatic N) is 6. The Kier molecular flexibility index (Phi) is 7.94. The predicted octanol–water partition coefficient (Wildman–Crippen LogP) is 2.02. The topological polar surface area (TPSA) is 75.9 Å².